The summed E-state index contributed by atoms with van der Waals surface area (Å²) in [5, 5.41) is 12.8. The van der Waals surface area contributed by atoms with Crippen LogP contribution in [0.1, 0.15) is 10.4 Å². The minimum absolute atomic E-state index is 0.245. The van der Waals surface area contributed by atoms with Crippen LogP contribution in [-0.4, -0.2) is 47.9 Å². The van der Waals surface area contributed by atoms with Crippen LogP contribution in [-0.2, 0) is 0 Å². The minimum Gasteiger partial charge on any atom is -0.497 e. The first-order valence-electron chi connectivity index (χ1n) is 8.66. The van der Waals surface area contributed by atoms with Crippen LogP contribution >= 0.6 is 0 Å². The second-order valence-electron chi connectivity index (χ2n) is 6.25. The van der Waals surface area contributed by atoms with E-state index in [1.54, 1.807) is 63.8 Å². The summed E-state index contributed by atoms with van der Waals surface area (Å²) in [7, 11) is 4.70. The lowest BCUT2D eigenvalue weighted by molar-refractivity contribution is 0.0947. The molecule has 0 fully saturated rings. The molecule has 1 aromatic carbocycles. The Hall–Kier alpha value is -4.08. The Labute approximate surface area is 166 Å². The van der Waals surface area contributed by atoms with Gasteiger partial charge in [-0.05, 0) is 36.4 Å². The van der Waals surface area contributed by atoms with Crippen molar-refractivity contribution in [2.24, 2.45) is 10.2 Å². The van der Waals surface area contributed by atoms with Crippen molar-refractivity contribution in [1.82, 2.24) is 14.8 Å². The number of aromatic nitrogens is 3. The molecule has 0 N–H and O–H groups in total. The lowest BCUT2D eigenvalue weighted by atomic mass is 10.2. The Morgan fingerprint density at radius 2 is 1.83 bits per heavy atom. The Morgan fingerprint density at radius 1 is 1.07 bits per heavy atom. The number of hydrogen-bond donors (Lipinski definition) is 0. The summed E-state index contributed by atoms with van der Waals surface area (Å²) in [5.41, 5.74) is 1.25. The van der Waals surface area contributed by atoms with E-state index >= 15 is 0 Å². The average Bonchev–Trinajstić information content (AvgIpc) is 3.11. The second kappa shape index (κ2) is 7.15. The van der Waals surface area contributed by atoms with Crippen LogP contribution in [0.3, 0.4) is 0 Å². The number of anilines is 2. The Bertz CT molecular complexity index is 1110. The Morgan fingerprint density at radius 3 is 2.48 bits per heavy atom. The normalized spacial score (nSPS) is 13.3. The molecule has 2 amide bonds. The first kappa shape index (κ1) is 18.3. The monoisotopic (exact) mass is 391 g/mol. The van der Waals surface area contributed by atoms with Gasteiger partial charge in [0.1, 0.15) is 5.75 Å². The van der Waals surface area contributed by atoms with Crippen molar-refractivity contribution in [2.75, 3.05) is 31.0 Å². The first-order chi connectivity index (χ1) is 14.0. The van der Waals surface area contributed by atoms with Crippen molar-refractivity contribution >= 4 is 34.9 Å². The van der Waals surface area contributed by atoms with Gasteiger partial charge in [-0.1, -0.05) is 0 Å². The maximum absolute atomic E-state index is 12.9. The maximum atomic E-state index is 12.9. The summed E-state index contributed by atoms with van der Waals surface area (Å²) >= 11 is 0. The summed E-state index contributed by atoms with van der Waals surface area (Å²) in [5.74, 6) is 0.772. The number of benzene rings is 1. The number of carbonyl (C=O) groups excluding carboxylic acids is 2. The van der Waals surface area contributed by atoms with E-state index in [0.717, 1.165) is 4.68 Å². The van der Waals surface area contributed by atoms with Crippen LogP contribution in [0.2, 0.25) is 0 Å². The summed E-state index contributed by atoms with van der Waals surface area (Å²) in [6, 6.07) is 9.97. The fraction of sp³-hybridized carbons (Fsp3) is 0.158. The Balaban J connectivity index is 1.78. The molecule has 0 aliphatic carbocycles. The quantitative estimate of drug-likeness (QED) is 0.634. The van der Waals surface area contributed by atoms with Crippen LogP contribution in [0.4, 0.5) is 27.8 Å². The minimum atomic E-state index is -0.421. The molecule has 146 valence electrons. The standard InChI is InChI=1S/C19H17N7O3/c1-24-16-15(22-21-13-6-8-14(29-3)9-7-13)17(25(2)19(24)28)26(23-16)18(27)12-5-4-10-20-11-12/h4-11H,1-3H3. The SMILES string of the molecule is COc1ccc(N=Nc2c3nn(C(=O)c4cccnc4)c2N(C)C(=O)N3C)cc1. The number of nitrogens with zero attached hydrogens (tertiary/aromatic N) is 7. The van der Waals surface area contributed by atoms with Crippen molar-refractivity contribution in [1.29, 1.82) is 0 Å². The van der Waals surface area contributed by atoms with Crippen LogP contribution in [0.5, 0.6) is 5.75 Å². The van der Waals surface area contributed by atoms with Crippen LogP contribution in [0, 0.1) is 0 Å². The fourth-order valence-corrected chi connectivity index (χ4v) is 2.92. The van der Waals surface area contributed by atoms with Gasteiger partial charge in [0.2, 0.25) is 0 Å². The predicted molar refractivity (Wildman–Crippen MR) is 106 cm³/mol. The lowest BCUT2D eigenvalue weighted by Gasteiger charge is -2.26. The molecule has 0 radical (unpaired) electrons. The largest absolute Gasteiger partial charge is 0.497 e. The summed E-state index contributed by atoms with van der Waals surface area (Å²) in [4.78, 5) is 32.0. The molecule has 2 bridgehead atoms. The van der Waals surface area contributed by atoms with E-state index in [2.05, 4.69) is 20.3 Å². The van der Waals surface area contributed by atoms with Gasteiger partial charge in [-0.15, -0.1) is 10.2 Å². The molecule has 0 saturated carbocycles. The van der Waals surface area contributed by atoms with E-state index in [-0.39, 0.29) is 17.7 Å². The third kappa shape index (κ3) is 3.10. The van der Waals surface area contributed by atoms with E-state index in [0.29, 0.717) is 22.7 Å². The molecular formula is C19H17N7O3. The number of amides is 2. The lowest BCUT2D eigenvalue weighted by Crippen LogP contribution is -2.41. The Kier molecular flexibility index (Phi) is 4.51. The zero-order valence-corrected chi connectivity index (χ0v) is 16.0. The smallest absolute Gasteiger partial charge is 0.330 e. The number of fused-ring (bicyclic) bond motifs is 2. The third-order valence-corrected chi connectivity index (χ3v) is 4.47. The number of carbonyl (C=O) groups is 2. The highest BCUT2D eigenvalue weighted by Gasteiger charge is 2.37. The molecule has 1 aliphatic rings. The van der Waals surface area contributed by atoms with E-state index in [4.69, 9.17) is 4.74 Å². The fourth-order valence-electron chi connectivity index (χ4n) is 2.92. The predicted octanol–water partition coefficient (Wildman–Crippen LogP) is 3.40. The average molecular weight is 391 g/mol. The molecule has 0 unspecified atom stereocenters. The number of urea groups is 1. The molecule has 3 heterocycles. The van der Waals surface area contributed by atoms with Crippen molar-refractivity contribution in [2.45, 2.75) is 0 Å². The molecule has 10 heteroatoms. The maximum Gasteiger partial charge on any atom is 0.330 e. The highest BCUT2D eigenvalue weighted by atomic mass is 16.5. The van der Waals surface area contributed by atoms with Gasteiger partial charge in [-0.2, -0.15) is 9.80 Å². The van der Waals surface area contributed by atoms with Gasteiger partial charge < -0.3 is 4.74 Å². The summed E-state index contributed by atoms with van der Waals surface area (Å²) in [6.07, 6.45) is 3.01. The van der Waals surface area contributed by atoms with Crippen molar-refractivity contribution in [3.63, 3.8) is 0 Å². The highest BCUT2D eigenvalue weighted by Crippen LogP contribution is 2.43. The molecule has 10 nitrogen and oxygen atoms in total. The van der Waals surface area contributed by atoms with Gasteiger partial charge in [0.25, 0.3) is 5.91 Å². The zero-order chi connectivity index (χ0) is 20.5. The highest BCUT2D eigenvalue weighted by molar-refractivity contribution is 6.13. The number of methoxy groups -OCH3 is 1. The van der Waals surface area contributed by atoms with Crippen molar-refractivity contribution in [3.05, 3.63) is 54.4 Å². The molecule has 0 spiro atoms. The van der Waals surface area contributed by atoms with Gasteiger partial charge in [-0.25, -0.2) is 4.79 Å². The summed E-state index contributed by atoms with van der Waals surface area (Å²) < 4.78 is 6.28. The molecule has 29 heavy (non-hydrogen) atoms. The molecule has 1 aliphatic heterocycles. The second-order valence-corrected chi connectivity index (χ2v) is 6.25. The number of azo groups is 1. The third-order valence-electron chi connectivity index (χ3n) is 4.47. The zero-order valence-electron chi connectivity index (χ0n) is 16.0. The van der Waals surface area contributed by atoms with Gasteiger partial charge >= 0.3 is 6.03 Å². The van der Waals surface area contributed by atoms with Crippen LogP contribution in [0.25, 0.3) is 0 Å². The van der Waals surface area contributed by atoms with E-state index < -0.39 is 5.91 Å². The van der Waals surface area contributed by atoms with E-state index in [1.807, 2.05) is 0 Å². The van der Waals surface area contributed by atoms with Crippen molar-refractivity contribution in [3.8, 4) is 5.75 Å². The van der Waals surface area contributed by atoms with Gasteiger partial charge in [0, 0.05) is 26.5 Å². The van der Waals surface area contributed by atoms with Gasteiger partial charge in [0.15, 0.2) is 17.3 Å². The van der Waals surface area contributed by atoms with Gasteiger partial charge in [0.05, 0.1) is 18.4 Å². The van der Waals surface area contributed by atoms with Crippen LogP contribution < -0.4 is 14.5 Å². The molecule has 4 rings (SSSR count). The molecule has 2 aromatic heterocycles. The molecule has 0 saturated heterocycles. The molecule has 0 atom stereocenters. The number of pyridine rings is 1. The topological polar surface area (TPSA) is 105 Å². The number of hydrogen-bond acceptors (Lipinski definition) is 7. The first-order valence-corrected chi connectivity index (χ1v) is 8.66. The van der Waals surface area contributed by atoms with E-state index in [1.165, 1.54) is 16.0 Å². The number of ether oxygens (including phenoxy) is 1. The van der Waals surface area contributed by atoms with E-state index in [9.17, 15) is 9.59 Å². The van der Waals surface area contributed by atoms with Crippen molar-refractivity contribution < 1.29 is 14.3 Å². The van der Waals surface area contributed by atoms with Crippen LogP contribution in [0.15, 0.2) is 59.0 Å². The molecule has 3 aromatic rings. The van der Waals surface area contributed by atoms with Gasteiger partial charge in [-0.3, -0.25) is 19.6 Å². The number of rotatable bonds is 4. The summed E-state index contributed by atoms with van der Waals surface area (Å²) in [6.45, 7) is 0. The molecular weight excluding hydrogens is 374 g/mol.